The van der Waals surface area contributed by atoms with Crippen molar-refractivity contribution in [2.24, 2.45) is 5.92 Å². The van der Waals surface area contributed by atoms with Gasteiger partial charge in [-0.3, -0.25) is 9.20 Å². The lowest BCUT2D eigenvalue weighted by atomic mass is 10.0. The van der Waals surface area contributed by atoms with Gasteiger partial charge in [-0.1, -0.05) is 13.8 Å². The summed E-state index contributed by atoms with van der Waals surface area (Å²) in [5.41, 5.74) is 2.47. The van der Waals surface area contributed by atoms with Crippen molar-refractivity contribution < 1.29 is 9.53 Å². The lowest BCUT2D eigenvalue weighted by Gasteiger charge is -2.13. The molecule has 2 heterocycles. The summed E-state index contributed by atoms with van der Waals surface area (Å²) in [6.07, 6.45) is 3.59. The molecule has 0 unspecified atom stereocenters. The van der Waals surface area contributed by atoms with E-state index < -0.39 is 0 Å². The van der Waals surface area contributed by atoms with Gasteiger partial charge in [-0.05, 0) is 44.7 Å². The molecule has 0 aliphatic heterocycles. The van der Waals surface area contributed by atoms with Crippen molar-refractivity contribution in [3.05, 3.63) is 24.0 Å². The molecule has 0 aliphatic carbocycles. The van der Waals surface area contributed by atoms with Crippen LogP contribution in [0.25, 0.3) is 16.7 Å². The zero-order chi connectivity index (χ0) is 20.8. The van der Waals surface area contributed by atoms with Crippen LogP contribution in [0.3, 0.4) is 0 Å². The van der Waals surface area contributed by atoms with Gasteiger partial charge in [0.25, 0.3) is 0 Å². The van der Waals surface area contributed by atoms with E-state index in [-0.39, 0.29) is 11.8 Å². The summed E-state index contributed by atoms with van der Waals surface area (Å²) in [4.78, 5) is 16.8. The molecule has 3 rings (SSSR count). The molecule has 0 spiro atoms. The van der Waals surface area contributed by atoms with Gasteiger partial charge in [-0.25, -0.2) is 4.98 Å². The molecular formula is C21H30N6O2. The Morgan fingerprint density at radius 2 is 1.93 bits per heavy atom. The molecule has 0 saturated carbocycles. The molecule has 0 saturated heterocycles. The maximum atomic E-state index is 12.0. The minimum Gasteiger partial charge on any atom is -0.497 e. The molecule has 0 atom stereocenters. The number of hydrogen-bond acceptors (Lipinski definition) is 6. The normalized spacial score (nSPS) is 11.3. The van der Waals surface area contributed by atoms with Crippen LogP contribution in [0.5, 0.6) is 5.75 Å². The number of aryl methyl sites for hydroxylation is 1. The molecule has 0 bridgehead atoms. The molecule has 0 radical (unpaired) electrons. The van der Waals surface area contributed by atoms with Crippen LogP contribution < -0.4 is 15.4 Å². The van der Waals surface area contributed by atoms with Gasteiger partial charge < -0.3 is 15.4 Å². The average molecular weight is 399 g/mol. The van der Waals surface area contributed by atoms with Gasteiger partial charge >= 0.3 is 0 Å². The predicted molar refractivity (Wildman–Crippen MR) is 114 cm³/mol. The fraction of sp³-hybridized carbons (Fsp3) is 0.524. The van der Waals surface area contributed by atoms with E-state index >= 15 is 0 Å². The lowest BCUT2D eigenvalue weighted by molar-refractivity contribution is -0.125. The second kappa shape index (κ2) is 9.54. The standard InChI is InChI=1S/C21H30N6O2/c1-5-15(6-2)21(28)23-12-8-7-11-22-19-20-26-25-14(3)27(20)18-10-9-16(29-4)13-17(18)24-19/h9-10,13,15H,5-8,11-12H2,1-4H3,(H,22,24)(H,23,28). The Balaban J connectivity index is 1.63. The first-order valence-corrected chi connectivity index (χ1v) is 10.3. The number of unbranched alkanes of at least 4 members (excludes halogenated alkanes) is 1. The van der Waals surface area contributed by atoms with Gasteiger partial charge in [-0.2, -0.15) is 0 Å². The number of carbonyl (C=O) groups excluding carboxylic acids is 1. The van der Waals surface area contributed by atoms with E-state index in [1.807, 2.05) is 29.5 Å². The Kier molecular flexibility index (Phi) is 6.85. The Labute approximate surface area is 171 Å². The highest BCUT2D eigenvalue weighted by molar-refractivity contribution is 5.84. The van der Waals surface area contributed by atoms with E-state index in [9.17, 15) is 4.79 Å². The molecule has 0 fully saturated rings. The first-order chi connectivity index (χ1) is 14.1. The molecule has 3 aromatic rings. The van der Waals surface area contributed by atoms with Crippen LogP contribution in [0.15, 0.2) is 18.2 Å². The summed E-state index contributed by atoms with van der Waals surface area (Å²) < 4.78 is 7.33. The number of anilines is 1. The Hall–Kier alpha value is -2.90. The smallest absolute Gasteiger partial charge is 0.223 e. The third kappa shape index (κ3) is 4.58. The number of fused-ring (bicyclic) bond motifs is 3. The lowest BCUT2D eigenvalue weighted by Crippen LogP contribution is -2.31. The van der Waals surface area contributed by atoms with E-state index in [2.05, 4.69) is 34.7 Å². The minimum atomic E-state index is 0.122. The fourth-order valence-corrected chi connectivity index (χ4v) is 3.47. The van der Waals surface area contributed by atoms with Crippen molar-refractivity contribution in [3.63, 3.8) is 0 Å². The number of hydrogen-bond donors (Lipinski definition) is 2. The van der Waals surface area contributed by atoms with Gasteiger partial charge in [0.2, 0.25) is 11.6 Å². The zero-order valence-electron chi connectivity index (χ0n) is 17.7. The minimum absolute atomic E-state index is 0.122. The monoisotopic (exact) mass is 398 g/mol. The highest BCUT2D eigenvalue weighted by Crippen LogP contribution is 2.25. The topological polar surface area (TPSA) is 93.4 Å². The van der Waals surface area contributed by atoms with Crippen molar-refractivity contribution in [1.29, 1.82) is 0 Å². The molecule has 2 N–H and O–H groups in total. The van der Waals surface area contributed by atoms with Gasteiger partial charge in [0, 0.05) is 25.1 Å². The summed E-state index contributed by atoms with van der Waals surface area (Å²) in [7, 11) is 1.64. The van der Waals surface area contributed by atoms with Crippen LogP contribution in [0.2, 0.25) is 0 Å². The third-order valence-electron chi connectivity index (χ3n) is 5.24. The Bertz CT molecular complexity index is 980. The summed E-state index contributed by atoms with van der Waals surface area (Å²) in [6.45, 7) is 7.47. The molecule has 1 aromatic carbocycles. The van der Waals surface area contributed by atoms with Crippen LogP contribution in [0.4, 0.5) is 5.82 Å². The van der Waals surface area contributed by atoms with E-state index in [0.717, 1.165) is 54.8 Å². The number of ether oxygens (including phenoxy) is 1. The number of aromatic nitrogens is 4. The van der Waals surface area contributed by atoms with Crippen LogP contribution in [-0.4, -0.2) is 45.7 Å². The highest BCUT2D eigenvalue weighted by Gasteiger charge is 2.14. The molecule has 8 heteroatoms. The third-order valence-corrected chi connectivity index (χ3v) is 5.24. The summed E-state index contributed by atoms with van der Waals surface area (Å²) in [6, 6.07) is 5.79. The maximum absolute atomic E-state index is 12.0. The van der Waals surface area contributed by atoms with Crippen molar-refractivity contribution in [3.8, 4) is 5.75 Å². The zero-order valence-corrected chi connectivity index (χ0v) is 17.7. The number of methoxy groups -OCH3 is 1. The van der Waals surface area contributed by atoms with Crippen LogP contribution >= 0.6 is 0 Å². The van der Waals surface area contributed by atoms with Gasteiger partial charge in [0.15, 0.2) is 5.82 Å². The maximum Gasteiger partial charge on any atom is 0.223 e. The van der Waals surface area contributed by atoms with Crippen molar-refractivity contribution in [1.82, 2.24) is 24.9 Å². The first-order valence-electron chi connectivity index (χ1n) is 10.3. The Morgan fingerprint density at radius 1 is 1.17 bits per heavy atom. The van der Waals surface area contributed by atoms with Crippen molar-refractivity contribution >= 4 is 28.4 Å². The number of rotatable bonds is 10. The van der Waals surface area contributed by atoms with Crippen molar-refractivity contribution in [2.75, 3.05) is 25.5 Å². The molecule has 8 nitrogen and oxygen atoms in total. The number of benzene rings is 1. The van der Waals surface area contributed by atoms with Crippen LogP contribution in [0.1, 0.15) is 45.4 Å². The van der Waals surface area contributed by atoms with E-state index in [4.69, 9.17) is 9.72 Å². The van der Waals surface area contributed by atoms with Crippen LogP contribution in [-0.2, 0) is 4.79 Å². The molecule has 156 valence electrons. The fourth-order valence-electron chi connectivity index (χ4n) is 3.47. The van der Waals surface area contributed by atoms with E-state index in [0.29, 0.717) is 18.0 Å². The largest absolute Gasteiger partial charge is 0.497 e. The SMILES string of the molecule is CCC(CC)C(=O)NCCCCNc1nc2cc(OC)ccc2n2c(C)nnc12. The second-order valence-electron chi connectivity index (χ2n) is 7.16. The number of carbonyl (C=O) groups is 1. The summed E-state index contributed by atoms with van der Waals surface area (Å²) in [5, 5.41) is 14.9. The molecule has 2 aromatic heterocycles. The molecule has 0 aliphatic rings. The number of nitrogens with one attached hydrogen (secondary N) is 2. The quantitative estimate of drug-likeness (QED) is 0.509. The first kappa shape index (κ1) is 20.8. The highest BCUT2D eigenvalue weighted by atomic mass is 16.5. The second-order valence-corrected chi connectivity index (χ2v) is 7.16. The van der Waals surface area contributed by atoms with Gasteiger partial charge in [0.05, 0.1) is 18.1 Å². The van der Waals surface area contributed by atoms with Gasteiger partial charge in [-0.15, -0.1) is 10.2 Å². The molecule has 29 heavy (non-hydrogen) atoms. The summed E-state index contributed by atoms with van der Waals surface area (Å²) >= 11 is 0. The predicted octanol–water partition coefficient (Wildman–Crippen LogP) is 3.34. The average Bonchev–Trinajstić information content (AvgIpc) is 3.13. The molecular weight excluding hydrogens is 368 g/mol. The van der Waals surface area contributed by atoms with Crippen molar-refractivity contribution in [2.45, 2.75) is 46.5 Å². The molecule has 1 amide bonds. The number of nitrogens with zero attached hydrogens (tertiary/aromatic N) is 4. The Morgan fingerprint density at radius 3 is 2.66 bits per heavy atom. The number of amides is 1. The van der Waals surface area contributed by atoms with Crippen LogP contribution in [0, 0.1) is 12.8 Å². The van der Waals surface area contributed by atoms with Gasteiger partial charge in [0.1, 0.15) is 11.6 Å². The van der Waals surface area contributed by atoms with E-state index in [1.165, 1.54) is 0 Å². The summed E-state index contributed by atoms with van der Waals surface area (Å²) in [5.74, 6) is 2.55. The van der Waals surface area contributed by atoms with E-state index in [1.54, 1.807) is 7.11 Å².